The Balaban J connectivity index is 2.11. The molecule has 31 heavy (non-hydrogen) atoms. The summed E-state index contributed by atoms with van der Waals surface area (Å²) in [5.74, 6) is 0.518. The van der Waals surface area contributed by atoms with Crippen LogP contribution in [0.1, 0.15) is 50.9 Å². The summed E-state index contributed by atoms with van der Waals surface area (Å²) in [6.07, 6.45) is 0.805. The van der Waals surface area contributed by atoms with Gasteiger partial charge in [-0.15, -0.1) is 0 Å². The highest BCUT2D eigenvalue weighted by atomic mass is 16.5. The van der Waals surface area contributed by atoms with E-state index in [0.717, 1.165) is 0 Å². The van der Waals surface area contributed by atoms with Crippen LogP contribution in [0.3, 0.4) is 0 Å². The Morgan fingerprint density at radius 3 is 1.90 bits per heavy atom. The van der Waals surface area contributed by atoms with Crippen LogP contribution in [-0.2, 0) is 9.59 Å². The second-order valence-corrected chi connectivity index (χ2v) is 8.24. The van der Waals surface area contributed by atoms with E-state index in [-0.39, 0.29) is 29.6 Å². The van der Waals surface area contributed by atoms with Crippen LogP contribution in [0, 0.1) is 11.8 Å². The zero-order valence-corrected chi connectivity index (χ0v) is 18.7. The van der Waals surface area contributed by atoms with Crippen molar-refractivity contribution in [1.82, 2.24) is 0 Å². The first kappa shape index (κ1) is 23.9. The van der Waals surface area contributed by atoms with Gasteiger partial charge in [0.2, 0.25) is 11.8 Å². The van der Waals surface area contributed by atoms with E-state index in [1.54, 1.807) is 42.5 Å². The number of rotatable bonds is 9. The van der Waals surface area contributed by atoms with Crippen LogP contribution in [0.5, 0.6) is 5.75 Å². The maximum atomic E-state index is 12.7. The summed E-state index contributed by atoms with van der Waals surface area (Å²) in [6, 6.07) is 11.7. The third kappa shape index (κ3) is 7.77. The van der Waals surface area contributed by atoms with E-state index in [0.29, 0.717) is 41.2 Å². The quantitative estimate of drug-likeness (QED) is 0.531. The van der Waals surface area contributed by atoms with Gasteiger partial charge in [0.15, 0.2) is 0 Å². The van der Waals surface area contributed by atoms with Crippen LogP contribution in [0.2, 0.25) is 0 Å². The number of benzene rings is 2. The molecule has 0 fully saturated rings. The smallest absolute Gasteiger partial charge is 0.255 e. The first-order valence-electron chi connectivity index (χ1n) is 10.4. The van der Waals surface area contributed by atoms with Gasteiger partial charge in [0, 0.05) is 30.2 Å². The highest BCUT2D eigenvalue weighted by Gasteiger charge is 2.14. The Hall–Kier alpha value is -3.35. The van der Waals surface area contributed by atoms with Gasteiger partial charge in [-0.1, -0.05) is 27.7 Å². The molecule has 7 nitrogen and oxygen atoms in total. The van der Waals surface area contributed by atoms with Gasteiger partial charge in [-0.05, 0) is 48.2 Å². The molecule has 3 N–H and O–H groups in total. The van der Waals surface area contributed by atoms with Gasteiger partial charge in [-0.2, -0.15) is 0 Å². The normalized spacial score (nSPS) is 10.7. The molecule has 0 aliphatic carbocycles. The molecule has 0 unspecified atom stereocenters. The van der Waals surface area contributed by atoms with E-state index in [1.807, 2.05) is 27.7 Å². The SMILES string of the molecule is COc1ccc(NC(=O)c2ccc(NC(=O)CC(C)C)cc2)c(NC(=O)CC(C)C)c1. The van der Waals surface area contributed by atoms with Crippen molar-refractivity contribution >= 4 is 34.8 Å². The molecule has 0 saturated heterocycles. The molecule has 7 heteroatoms. The van der Waals surface area contributed by atoms with Gasteiger partial charge in [0.05, 0.1) is 18.5 Å². The lowest BCUT2D eigenvalue weighted by molar-refractivity contribution is -0.117. The lowest BCUT2D eigenvalue weighted by Crippen LogP contribution is -2.18. The van der Waals surface area contributed by atoms with Crippen molar-refractivity contribution in [2.75, 3.05) is 23.1 Å². The van der Waals surface area contributed by atoms with E-state index < -0.39 is 0 Å². The van der Waals surface area contributed by atoms with Gasteiger partial charge in [0.1, 0.15) is 5.75 Å². The van der Waals surface area contributed by atoms with Crippen LogP contribution in [0.15, 0.2) is 42.5 Å². The molecule has 0 bridgehead atoms. The minimum Gasteiger partial charge on any atom is -0.497 e. The number of hydrogen-bond acceptors (Lipinski definition) is 4. The van der Waals surface area contributed by atoms with Crippen LogP contribution in [0.4, 0.5) is 17.1 Å². The molecule has 0 spiro atoms. The van der Waals surface area contributed by atoms with Gasteiger partial charge in [0.25, 0.3) is 5.91 Å². The molecule has 0 aromatic heterocycles. The first-order chi connectivity index (χ1) is 14.7. The molecule has 2 aromatic carbocycles. The van der Waals surface area contributed by atoms with Crippen molar-refractivity contribution in [3.8, 4) is 5.75 Å². The van der Waals surface area contributed by atoms with Gasteiger partial charge >= 0.3 is 0 Å². The van der Waals surface area contributed by atoms with Gasteiger partial charge in [-0.3, -0.25) is 14.4 Å². The first-order valence-corrected chi connectivity index (χ1v) is 10.4. The monoisotopic (exact) mass is 425 g/mol. The number of anilines is 3. The predicted octanol–water partition coefficient (Wildman–Crippen LogP) is 4.92. The predicted molar refractivity (Wildman–Crippen MR) is 124 cm³/mol. The number of carbonyl (C=O) groups excluding carboxylic acids is 3. The Labute approximate surface area is 183 Å². The number of amides is 3. The van der Waals surface area contributed by atoms with Crippen molar-refractivity contribution in [3.63, 3.8) is 0 Å². The van der Waals surface area contributed by atoms with Gasteiger partial charge in [-0.25, -0.2) is 0 Å². The summed E-state index contributed by atoms with van der Waals surface area (Å²) in [5, 5.41) is 8.48. The third-order valence-corrected chi connectivity index (χ3v) is 4.37. The van der Waals surface area contributed by atoms with Crippen LogP contribution >= 0.6 is 0 Å². The lowest BCUT2D eigenvalue weighted by Gasteiger charge is -2.15. The maximum absolute atomic E-state index is 12.7. The van der Waals surface area contributed by atoms with E-state index in [1.165, 1.54) is 7.11 Å². The largest absolute Gasteiger partial charge is 0.497 e. The number of hydrogen-bond donors (Lipinski definition) is 3. The summed E-state index contributed by atoms with van der Waals surface area (Å²) < 4.78 is 5.23. The Morgan fingerprint density at radius 2 is 1.35 bits per heavy atom. The summed E-state index contributed by atoms with van der Waals surface area (Å²) in [5.41, 5.74) is 2.00. The van der Waals surface area contributed by atoms with Crippen molar-refractivity contribution < 1.29 is 19.1 Å². The van der Waals surface area contributed by atoms with Gasteiger partial charge < -0.3 is 20.7 Å². The third-order valence-electron chi connectivity index (χ3n) is 4.37. The summed E-state index contributed by atoms with van der Waals surface area (Å²) in [7, 11) is 1.54. The topological polar surface area (TPSA) is 96.5 Å². The second kappa shape index (κ2) is 11.2. The van der Waals surface area contributed by atoms with Crippen molar-refractivity contribution in [1.29, 1.82) is 0 Å². The fourth-order valence-electron chi connectivity index (χ4n) is 2.92. The van der Waals surface area contributed by atoms with Crippen molar-refractivity contribution in [2.45, 2.75) is 40.5 Å². The lowest BCUT2D eigenvalue weighted by atomic mass is 10.1. The fraction of sp³-hybridized carbons (Fsp3) is 0.375. The minimum atomic E-state index is -0.329. The number of ether oxygens (including phenoxy) is 1. The standard InChI is InChI=1S/C24H31N3O4/c1-15(2)12-22(28)25-18-8-6-17(7-9-18)24(30)27-20-11-10-19(31-5)14-21(20)26-23(29)13-16(3)4/h6-11,14-16H,12-13H2,1-5H3,(H,25,28)(H,26,29)(H,27,30). The number of nitrogens with one attached hydrogen (secondary N) is 3. The zero-order valence-electron chi connectivity index (χ0n) is 18.7. The molecule has 0 atom stereocenters. The van der Waals surface area contributed by atoms with E-state index in [9.17, 15) is 14.4 Å². The molecule has 0 radical (unpaired) electrons. The van der Waals surface area contributed by atoms with Crippen LogP contribution in [0.25, 0.3) is 0 Å². The molecule has 0 saturated carbocycles. The average Bonchev–Trinajstić information content (AvgIpc) is 2.68. The molecule has 2 aromatic rings. The molecular weight excluding hydrogens is 394 g/mol. The van der Waals surface area contributed by atoms with Crippen molar-refractivity contribution in [2.24, 2.45) is 11.8 Å². The molecule has 0 aliphatic heterocycles. The minimum absolute atomic E-state index is 0.0628. The van der Waals surface area contributed by atoms with E-state index >= 15 is 0 Å². The molecular formula is C24H31N3O4. The highest BCUT2D eigenvalue weighted by molar-refractivity contribution is 6.07. The average molecular weight is 426 g/mol. The summed E-state index contributed by atoms with van der Waals surface area (Å²) in [6.45, 7) is 7.88. The molecule has 166 valence electrons. The summed E-state index contributed by atoms with van der Waals surface area (Å²) >= 11 is 0. The molecule has 0 aliphatic rings. The van der Waals surface area contributed by atoms with E-state index in [2.05, 4.69) is 16.0 Å². The molecule has 0 heterocycles. The molecule has 2 rings (SSSR count). The Bertz CT molecular complexity index is 921. The highest BCUT2D eigenvalue weighted by Crippen LogP contribution is 2.28. The van der Waals surface area contributed by atoms with E-state index in [4.69, 9.17) is 4.74 Å². The van der Waals surface area contributed by atoms with Crippen LogP contribution < -0.4 is 20.7 Å². The second-order valence-electron chi connectivity index (χ2n) is 8.24. The van der Waals surface area contributed by atoms with Crippen LogP contribution in [-0.4, -0.2) is 24.8 Å². The molecule has 3 amide bonds. The Morgan fingerprint density at radius 1 is 0.774 bits per heavy atom. The number of methoxy groups -OCH3 is 1. The Kier molecular flexibility index (Phi) is 8.61. The van der Waals surface area contributed by atoms with Crippen molar-refractivity contribution in [3.05, 3.63) is 48.0 Å². The summed E-state index contributed by atoms with van der Waals surface area (Å²) in [4.78, 5) is 36.8. The maximum Gasteiger partial charge on any atom is 0.255 e. The fourth-order valence-corrected chi connectivity index (χ4v) is 2.92. The number of carbonyl (C=O) groups is 3. The zero-order chi connectivity index (χ0) is 23.0.